The number of nitrogens with zero attached hydrogens (tertiary/aromatic N) is 2. The minimum Gasteiger partial charge on any atom is -0.489 e. The van der Waals surface area contributed by atoms with E-state index in [-0.39, 0.29) is 5.88 Å². The number of anilines is 1. The molecule has 112 valence electrons. The lowest BCUT2D eigenvalue weighted by molar-refractivity contribution is 0.369. The number of rotatable bonds is 6. The number of methoxy groups -OCH3 is 1. The van der Waals surface area contributed by atoms with Crippen molar-refractivity contribution in [2.45, 2.75) is 13.3 Å². The normalized spacial score (nSPS) is 10.3. The summed E-state index contributed by atoms with van der Waals surface area (Å²) in [6, 6.07) is 4.95. The first-order valence-electron chi connectivity index (χ1n) is 6.41. The highest BCUT2D eigenvalue weighted by atomic mass is 35.5. The summed E-state index contributed by atoms with van der Waals surface area (Å²) in [5.41, 5.74) is 0. The molecule has 2 aromatic rings. The molecule has 7 heteroatoms. The van der Waals surface area contributed by atoms with Gasteiger partial charge in [-0.05, 0) is 18.6 Å². The van der Waals surface area contributed by atoms with Crippen molar-refractivity contribution in [3.63, 3.8) is 0 Å². The Balaban J connectivity index is 2.33. The first-order chi connectivity index (χ1) is 10.2. The lowest BCUT2D eigenvalue weighted by atomic mass is 10.3. The van der Waals surface area contributed by atoms with Gasteiger partial charge in [-0.2, -0.15) is 4.98 Å². The predicted octanol–water partition coefficient (Wildman–Crippen LogP) is 4.41. The Hall–Kier alpha value is -1.72. The van der Waals surface area contributed by atoms with Crippen LogP contribution in [0.15, 0.2) is 24.5 Å². The summed E-state index contributed by atoms with van der Waals surface area (Å²) in [6.45, 7) is 2.83. The molecule has 0 saturated carbocycles. The van der Waals surface area contributed by atoms with Crippen LogP contribution in [0.3, 0.4) is 0 Å². The molecule has 2 rings (SSSR count). The zero-order chi connectivity index (χ0) is 15.2. The van der Waals surface area contributed by atoms with E-state index in [1.165, 1.54) is 13.4 Å². The van der Waals surface area contributed by atoms with E-state index < -0.39 is 0 Å². The molecule has 0 aliphatic carbocycles. The van der Waals surface area contributed by atoms with E-state index in [1.54, 1.807) is 18.2 Å². The smallest absolute Gasteiger partial charge is 0.268 e. The molecule has 1 aromatic heterocycles. The van der Waals surface area contributed by atoms with Crippen molar-refractivity contribution < 1.29 is 9.47 Å². The third-order valence-electron chi connectivity index (χ3n) is 2.62. The number of benzene rings is 1. The Morgan fingerprint density at radius 1 is 1.24 bits per heavy atom. The molecule has 0 saturated heterocycles. The van der Waals surface area contributed by atoms with Crippen LogP contribution >= 0.6 is 23.2 Å². The summed E-state index contributed by atoms with van der Waals surface area (Å²) in [5, 5.41) is 4.10. The third kappa shape index (κ3) is 3.89. The van der Waals surface area contributed by atoms with Crippen LogP contribution in [0.25, 0.3) is 0 Å². The Morgan fingerprint density at radius 3 is 2.76 bits per heavy atom. The van der Waals surface area contributed by atoms with Crippen LogP contribution in [-0.4, -0.2) is 23.6 Å². The van der Waals surface area contributed by atoms with Gasteiger partial charge in [-0.3, -0.25) is 0 Å². The van der Waals surface area contributed by atoms with Crippen LogP contribution in [0.2, 0.25) is 10.0 Å². The van der Waals surface area contributed by atoms with E-state index in [1.807, 2.05) is 0 Å². The van der Waals surface area contributed by atoms with Gasteiger partial charge in [-0.25, -0.2) is 4.98 Å². The summed E-state index contributed by atoms with van der Waals surface area (Å²) in [5.74, 6) is 1.67. The van der Waals surface area contributed by atoms with Gasteiger partial charge in [0.15, 0.2) is 5.82 Å². The van der Waals surface area contributed by atoms with Gasteiger partial charge in [0.1, 0.15) is 12.1 Å². The molecule has 0 fully saturated rings. The van der Waals surface area contributed by atoms with Crippen LogP contribution < -0.4 is 14.8 Å². The molecule has 1 N–H and O–H groups in total. The van der Waals surface area contributed by atoms with E-state index in [9.17, 15) is 0 Å². The molecule has 0 aliphatic rings. The van der Waals surface area contributed by atoms with Gasteiger partial charge in [0.05, 0.1) is 12.1 Å². The number of aromatic nitrogens is 2. The Bertz CT molecular complexity index is 623. The fourth-order valence-corrected chi connectivity index (χ4v) is 1.96. The molecular weight excluding hydrogens is 313 g/mol. The van der Waals surface area contributed by atoms with Crippen molar-refractivity contribution in [1.82, 2.24) is 9.97 Å². The lowest BCUT2D eigenvalue weighted by Crippen LogP contribution is -2.06. The first kappa shape index (κ1) is 15.7. The number of hydrogen-bond donors (Lipinski definition) is 1. The average Bonchev–Trinajstić information content (AvgIpc) is 2.49. The minimum atomic E-state index is 0.273. The zero-order valence-corrected chi connectivity index (χ0v) is 13.2. The highest BCUT2D eigenvalue weighted by Crippen LogP contribution is 2.37. The van der Waals surface area contributed by atoms with Gasteiger partial charge in [-0.1, -0.05) is 30.1 Å². The Labute approximate surface area is 133 Å². The lowest BCUT2D eigenvalue weighted by Gasteiger charge is -2.13. The Kier molecular flexibility index (Phi) is 5.47. The molecule has 21 heavy (non-hydrogen) atoms. The maximum atomic E-state index is 6.08. The molecule has 0 aliphatic heterocycles. The molecule has 0 atom stereocenters. The van der Waals surface area contributed by atoms with Crippen molar-refractivity contribution in [2.24, 2.45) is 0 Å². The standard InChI is InChI=1S/C14H15Cl2N3O2/c1-3-6-17-13-12(20-2)14(19-8-18-13)21-11-7-9(15)4-5-10(11)16/h4-5,7-8H,3,6H2,1-2H3,(H,17,18,19). The molecule has 0 amide bonds. The Morgan fingerprint density at radius 2 is 2.05 bits per heavy atom. The fraction of sp³-hybridized carbons (Fsp3) is 0.286. The molecule has 0 unspecified atom stereocenters. The monoisotopic (exact) mass is 327 g/mol. The second-order valence-electron chi connectivity index (χ2n) is 4.16. The number of hydrogen-bond acceptors (Lipinski definition) is 5. The van der Waals surface area contributed by atoms with Crippen LogP contribution in [0.4, 0.5) is 5.82 Å². The summed E-state index contributed by atoms with van der Waals surface area (Å²) >= 11 is 12.0. The van der Waals surface area contributed by atoms with E-state index in [0.717, 1.165) is 13.0 Å². The first-order valence-corrected chi connectivity index (χ1v) is 7.17. The van der Waals surface area contributed by atoms with Crippen LogP contribution in [0.1, 0.15) is 13.3 Å². The quantitative estimate of drug-likeness (QED) is 0.851. The summed E-state index contributed by atoms with van der Waals surface area (Å²) in [4.78, 5) is 8.23. The van der Waals surface area contributed by atoms with Crippen LogP contribution in [0, 0.1) is 0 Å². The molecule has 0 spiro atoms. The maximum absolute atomic E-state index is 6.08. The minimum absolute atomic E-state index is 0.273. The second-order valence-corrected chi connectivity index (χ2v) is 5.01. The largest absolute Gasteiger partial charge is 0.489 e. The predicted molar refractivity (Wildman–Crippen MR) is 83.9 cm³/mol. The molecule has 5 nitrogen and oxygen atoms in total. The molecule has 0 radical (unpaired) electrons. The van der Waals surface area contributed by atoms with E-state index in [2.05, 4.69) is 22.2 Å². The van der Waals surface area contributed by atoms with E-state index >= 15 is 0 Å². The summed E-state index contributed by atoms with van der Waals surface area (Å²) in [6.07, 6.45) is 2.36. The number of nitrogens with one attached hydrogen (secondary N) is 1. The topological polar surface area (TPSA) is 56.3 Å². The number of halogens is 2. The summed E-state index contributed by atoms with van der Waals surface area (Å²) < 4.78 is 11.0. The van der Waals surface area contributed by atoms with Crippen LogP contribution in [-0.2, 0) is 0 Å². The molecular formula is C14H15Cl2N3O2. The summed E-state index contributed by atoms with van der Waals surface area (Å²) in [7, 11) is 1.53. The molecule has 0 bridgehead atoms. The van der Waals surface area contributed by atoms with E-state index in [0.29, 0.717) is 27.4 Å². The molecule has 1 heterocycles. The number of ether oxygens (including phenoxy) is 2. The van der Waals surface area contributed by atoms with Gasteiger partial charge in [0, 0.05) is 17.6 Å². The van der Waals surface area contributed by atoms with Gasteiger partial charge in [0.25, 0.3) is 5.88 Å². The van der Waals surface area contributed by atoms with Crippen molar-refractivity contribution in [3.05, 3.63) is 34.6 Å². The average molecular weight is 328 g/mol. The highest BCUT2D eigenvalue weighted by molar-refractivity contribution is 6.34. The molecule has 1 aromatic carbocycles. The van der Waals surface area contributed by atoms with Gasteiger partial charge in [-0.15, -0.1) is 0 Å². The van der Waals surface area contributed by atoms with Crippen molar-refractivity contribution in [1.29, 1.82) is 0 Å². The SMILES string of the molecule is CCCNc1ncnc(Oc2cc(Cl)ccc2Cl)c1OC. The van der Waals surface area contributed by atoms with Crippen molar-refractivity contribution >= 4 is 29.0 Å². The highest BCUT2D eigenvalue weighted by Gasteiger charge is 2.15. The van der Waals surface area contributed by atoms with Gasteiger partial charge < -0.3 is 14.8 Å². The van der Waals surface area contributed by atoms with Gasteiger partial charge >= 0.3 is 0 Å². The van der Waals surface area contributed by atoms with Crippen molar-refractivity contribution in [2.75, 3.05) is 19.0 Å². The second kappa shape index (κ2) is 7.33. The van der Waals surface area contributed by atoms with Crippen molar-refractivity contribution in [3.8, 4) is 17.4 Å². The van der Waals surface area contributed by atoms with Gasteiger partial charge in [0.2, 0.25) is 5.75 Å². The van der Waals surface area contributed by atoms with E-state index in [4.69, 9.17) is 32.7 Å². The van der Waals surface area contributed by atoms with Crippen LogP contribution in [0.5, 0.6) is 17.4 Å². The third-order valence-corrected chi connectivity index (χ3v) is 3.16. The zero-order valence-electron chi connectivity index (χ0n) is 11.7. The fourth-order valence-electron chi connectivity index (χ4n) is 1.64. The maximum Gasteiger partial charge on any atom is 0.268 e.